The Bertz CT molecular complexity index is 521. The van der Waals surface area contributed by atoms with Crippen LogP contribution in [0.25, 0.3) is 0 Å². The smallest absolute Gasteiger partial charge is 0.224 e. The quantitative estimate of drug-likeness (QED) is 0.875. The van der Waals surface area contributed by atoms with Gasteiger partial charge in [-0.25, -0.2) is 0 Å². The number of amides is 1. The lowest BCUT2D eigenvalue weighted by molar-refractivity contribution is -0.120. The van der Waals surface area contributed by atoms with Crippen molar-refractivity contribution < 1.29 is 14.3 Å². The highest BCUT2D eigenvalue weighted by Gasteiger charge is 2.19. The van der Waals surface area contributed by atoms with E-state index in [-0.39, 0.29) is 18.3 Å². The molecule has 0 unspecified atom stereocenters. The van der Waals surface area contributed by atoms with Gasteiger partial charge in [-0.2, -0.15) is 0 Å². The van der Waals surface area contributed by atoms with E-state index < -0.39 is 0 Å². The molecule has 0 radical (unpaired) electrons. The third kappa shape index (κ3) is 3.93. The van der Waals surface area contributed by atoms with Crippen LogP contribution >= 0.6 is 24.0 Å². The normalized spacial score (nSPS) is 16.6. The Labute approximate surface area is 134 Å². The second kappa shape index (κ2) is 7.20. The molecule has 0 atom stereocenters. The molecular formula is C14H18Cl2N2O3. The van der Waals surface area contributed by atoms with Crippen molar-refractivity contribution in [3.63, 3.8) is 0 Å². The second-order valence-corrected chi connectivity index (χ2v) is 5.51. The zero-order valence-electron chi connectivity index (χ0n) is 11.5. The molecule has 2 aliphatic heterocycles. The number of hydrogen-bond donors (Lipinski definition) is 2. The van der Waals surface area contributed by atoms with Crippen LogP contribution in [0.15, 0.2) is 12.1 Å². The standard InChI is InChI=1S/C14H17ClN2O3.ClH/c15-11-3-9(4-12-14(11)20-2-1-19-12)5-13(18)17-8-10-6-16-7-10;/h3-4,10,16H,1-2,5-8H2,(H,17,18);1H. The number of benzene rings is 1. The lowest BCUT2D eigenvalue weighted by Crippen LogP contribution is -2.48. The Balaban J connectivity index is 0.00000161. The number of halogens is 2. The molecule has 2 heterocycles. The summed E-state index contributed by atoms with van der Waals surface area (Å²) in [5.41, 5.74) is 0.837. The van der Waals surface area contributed by atoms with Gasteiger partial charge in [-0.1, -0.05) is 11.6 Å². The summed E-state index contributed by atoms with van der Waals surface area (Å²) in [5, 5.41) is 6.61. The van der Waals surface area contributed by atoms with E-state index in [0.717, 1.165) is 25.2 Å². The number of carbonyl (C=O) groups is 1. The lowest BCUT2D eigenvalue weighted by Gasteiger charge is -2.27. The summed E-state index contributed by atoms with van der Waals surface area (Å²) < 4.78 is 11.0. The Kier molecular flexibility index (Phi) is 5.56. The van der Waals surface area contributed by atoms with Gasteiger partial charge in [-0.05, 0) is 17.7 Å². The van der Waals surface area contributed by atoms with Gasteiger partial charge in [0.05, 0.1) is 11.4 Å². The topological polar surface area (TPSA) is 59.6 Å². The minimum absolute atomic E-state index is 0. The zero-order chi connectivity index (χ0) is 13.9. The van der Waals surface area contributed by atoms with Gasteiger partial charge in [-0.3, -0.25) is 4.79 Å². The Morgan fingerprint density at radius 2 is 2.10 bits per heavy atom. The molecular weight excluding hydrogens is 315 g/mol. The maximum absolute atomic E-state index is 11.9. The van der Waals surface area contributed by atoms with Gasteiger partial charge in [0.25, 0.3) is 0 Å². The first-order valence-electron chi connectivity index (χ1n) is 6.78. The van der Waals surface area contributed by atoms with E-state index in [1.54, 1.807) is 6.07 Å². The maximum Gasteiger partial charge on any atom is 0.224 e. The molecule has 0 bridgehead atoms. The fourth-order valence-electron chi connectivity index (χ4n) is 2.27. The number of hydrogen-bond acceptors (Lipinski definition) is 4. The summed E-state index contributed by atoms with van der Waals surface area (Å²) >= 11 is 6.14. The van der Waals surface area contributed by atoms with Gasteiger partial charge >= 0.3 is 0 Å². The predicted molar refractivity (Wildman–Crippen MR) is 82.8 cm³/mol. The lowest BCUT2D eigenvalue weighted by atomic mass is 10.0. The molecule has 0 aliphatic carbocycles. The second-order valence-electron chi connectivity index (χ2n) is 5.11. The molecule has 1 saturated heterocycles. The molecule has 1 fully saturated rings. The highest BCUT2D eigenvalue weighted by molar-refractivity contribution is 6.32. The van der Waals surface area contributed by atoms with E-state index in [4.69, 9.17) is 21.1 Å². The van der Waals surface area contributed by atoms with Crippen LogP contribution in [0.4, 0.5) is 0 Å². The van der Waals surface area contributed by atoms with Crippen molar-refractivity contribution in [1.29, 1.82) is 0 Å². The molecule has 1 aromatic rings. The molecule has 7 heteroatoms. The van der Waals surface area contributed by atoms with Crippen LogP contribution in [0.3, 0.4) is 0 Å². The van der Waals surface area contributed by atoms with Crippen LogP contribution in [-0.2, 0) is 11.2 Å². The molecule has 5 nitrogen and oxygen atoms in total. The average molecular weight is 333 g/mol. The first kappa shape index (κ1) is 16.2. The molecule has 1 amide bonds. The summed E-state index contributed by atoms with van der Waals surface area (Å²) in [6.07, 6.45) is 0.302. The summed E-state index contributed by atoms with van der Waals surface area (Å²) in [6.45, 7) is 3.70. The van der Waals surface area contributed by atoms with E-state index in [9.17, 15) is 4.79 Å². The number of fused-ring (bicyclic) bond motifs is 1. The highest BCUT2D eigenvalue weighted by atomic mass is 35.5. The Morgan fingerprint density at radius 1 is 1.33 bits per heavy atom. The van der Waals surface area contributed by atoms with Crippen LogP contribution in [-0.4, -0.2) is 38.8 Å². The summed E-state index contributed by atoms with van der Waals surface area (Å²) in [4.78, 5) is 11.9. The van der Waals surface area contributed by atoms with E-state index >= 15 is 0 Å². The fourth-order valence-corrected chi connectivity index (χ4v) is 2.55. The third-order valence-electron chi connectivity index (χ3n) is 3.48. The first-order chi connectivity index (χ1) is 9.72. The molecule has 0 saturated carbocycles. The van der Waals surface area contributed by atoms with Crippen molar-refractivity contribution in [3.05, 3.63) is 22.7 Å². The van der Waals surface area contributed by atoms with Gasteiger partial charge in [0.1, 0.15) is 13.2 Å². The van der Waals surface area contributed by atoms with Crippen molar-refractivity contribution >= 4 is 29.9 Å². The van der Waals surface area contributed by atoms with Crippen molar-refractivity contribution in [2.75, 3.05) is 32.8 Å². The molecule has 3 rings (SSSR count). The van der Waals surface area contributed by atoms with Gasteiger partial charge in [-0.15, -0.1) is 12.4 Å². The third-order valence-corrected chi connectivity index (χ3v) is 3.76. The molecule has 2 N–H and O–H groups in total. The molecule has 2 aliphatic rings. The van der Waals surface area contributed by atoms with E-state index in [1.165, 1.54) is 0 Å². The molecule has 21 heavy (non-hydrogen) atoms. The molecule has 1 aromatic carbocycles. The SMILES string of the molecule is Cl.O=C(Cc1cc(Cl)c2c(c1)OCCO2)NCC1CNC1. The van der Waals surface area contributed by atoms with Crippen molar-refractivity contribution in [3.8, 4) is 11.5 Å². The van der Waals surface area contributed by atoms with Crippen LogP contribution in [0.5, 0.6) is 11.5 Å². The van der Waals surface area contributed by atoms with Gasteiger partial charge in [0.15, 0.2) is 11.5 Å². The number of ether oxygens (including phenoxy) is 2. The maximum atomic E-state index is 11.9. The van der Waals surface area contributed by atoms with Crippen molar-refractivity contribution in [2.24, 2.45) is 5.92 Å². The zero-order valence-corrected chi connectivity index (χ0v) is 13.1. The number of carbonyl (C=O) groups excluding carboxylic acids is 1. The van der Waals surface area contributed by atoms with Crippen LogP contribution < -0.4 is 20.1 Å². The molecule has 0 aromatic heterocycles. The average Bonchev–Trinajstić information content (AvgIpc) is 2.37. The predicted octanol–water partition coefficient (Wildman–Crippen LogP) is 1.41. The Hall–Kier alpha value is -1.17. The van der Waals surface area contributed by atoms with E-state index in [2.05, 4.69) is 10.6 Å². The van der Waals surface area contributed by atoms with Gasteiger partial charge in [0.2, 0.25) is 5.91 Å². The monoisotopic (exact) mass is 332 g/mol. The van der Waals surface area contributed by atoms with Crippen molar-refractivity contribution in [1.82, 2.24) is 10.6 Å². The number of nitrogens with one attached hydrogen (secondary N) is 2. The fraction of sp³-hybridized carbons (Fsp3) is 0.500. The van der Waals surface area contributed by atoms with E-state index in [0.29, 0.717) is 42.1 Å². The summed E-state index contributed by atoms with van der Waals surface area (Å²) in [7, 11) is 0. The van der Waals surface area contributed by atoms with Gasteiger partial charge < -0.3 is 20.1 Å². The van der Waals surface area contributed by atoms with Crippen LogP contribution in [0.1, 0.15) is 5.56 Å². The Morgan fingerprint density at radius 3 is 2.81 bits per heavy atom. The molecule has 0 spiro atoms. The van der Waals surface area contributed by atoms with Crippen LogP contribution in [0.2, 0.25) is 5.02 Å². The summed E-state index contributed by atoms with van der Waals surface area (Å²) in [5.74, 6) is 1.75. The summed E-state index contributed by atoms with van der Waals surface area (Å²) in [6, 6.07) is 3.59. The van der Waals surface area contributed by atoms with Crippen molar-refractivity contribution in [2.45, 2.75) is 6.42 Å². The molecule has 116 valence electrons. The van der Waals surface area contributed by atoms with Gasteiger partial charge in [0, 0.05) is 25.6 Å². The van der Waals surface area contributed by atoms with E-state index in [1.807, 2.05) is 6.07 Å². The first-order valence-corrected chi connectivity index (χ1v) is 7.15. The minimum atomic E-state index is 0. The minimum Gasteiger partial charge on any atom is -0.486 e. The number of rotatable bonds is 4. The van der Waals surface area contributed by atoms with Crippen LogP contribution in [0, 0.1) is 5.92 Å². The highest BCUT2D eigenvalue weighted by Crippen LogP contribution is 2.38. The largest absolute Gasteiger partial charge is 0.486 e.